The molecular formula is C31H24N6O2. The zero-order valence-corrected chi connectivity index (χ0v) is 20.8. The summed E-state index contributed by atoms with van der Waals surface area (Å²) in [7, 11) is 0. The van der Waals surface area contributed by atoms with Crippen LogP contribution in [-0.4, -0.2) is 36.5 Å². The van der Waals surface area contributed by atoms with Gasteiger partial charge in [0, 0.05) is 34.7 Å². The van der Waals surface area contributed by atoms with Gasteiger partial charge in [-0.05, 0) is 41.5 Å². The minimum absolute atomic E-state index is 0.495. The van der Waals surface area contributed by atoms with E-state index >= 15 is 0 Å². The van der Waals surface area contributed by atoms with E-state index in [1.165, 1.54) is 0 Å². The van der Waals surface area contributed by atoms with E-state index in [9.17, 15) is 5.11 Å². The van der Waals surface area contributed by atoms with E-state index in [0.29, 0.717) is 12.2 Å². The number of aromatic amines is 2. The van der Waals surface area contributed by atoms with Gasteiger partial charge in [-0.25, -0.2) is 4.98 Å². The Labute approximate surface area is 223 Å². The van der Waals surface area contributed by atoms with E-state index in [1.54, 1.807) is 18.7 Å². The largest absolute Gasteiger partial charge is 0.472 e. The number of nitrogens with zero attached hydrogens (tertiary/aromatic N) is 3. The van der Waals surface area contributed by atoms with Crippen molar-refractivity contribution in [2.24, 2.45) is 0 Å². The van der Waals surface area contributed by atoms with Crippen molar-refractivity contribution < 1.29 is 9.52 Å². The van der Waals surface area contributed by atoms with Gasteiger partial charge in [-0.3, -0.25) is 10.1 Å². The molecule has 7 aromatic rings. The summed E-state index contributed by atoms with van der Waals surface area (Å²) in [6.07, 6.45) is 6.67. The van der Waals surface area contributed by atoms with Crippen LogP contribution in [0.3, 0.4) is 0 Å². The summed E-state index contributed by atoms with van der Waals surface area (Å²) in [5.74, 6) is 0.682. The number of pyridine rings is 1. The van der Waals surface area contributed by atoms with Crippen molar-refractivity contribution in [3.8, 4) is 33.8 Å². The molecule has 190 valence electrons. The van der Waals surface area contributed by atoms with Crippen molar-refractivity contribution >= 4 is 27.6 Å². The van der Waals surface area contributed by atoms with Gasteiger partial charge < -0.3 is 19.8 Å². The minimum Gasteiger partial charge on any atom is -0.472 e. The number of rotatable bonds is 7. The number of H-pyrrole nitrogens is 2. The van der Waals surface area contributed by atoms with E-state index in [2.05, 4.69) is 31.5 Å². The Balaban J connectivity index is 1.21. The molecule has 0 aliphatic carbocycles. The molecule has 0 spiro atoms. The van der Waals surface area contributed by atoms with Crippen molar-refractivity contribution in [1.29, 1.82) is 0 Å². The summed E-state index contributed by atoms with van der Waals surface area (Å²) in [4.78, 5) is 12.8. The molecule has 0 amide bonds. The van der Waals surface area contributed by atoms with E-state index in [-0.39, 0.29) is 0 Å². The Morgan fingerprint density at radius 3 is 2.67 bits per heavy atom. The van der Waals surface area contributed by atoms with Crippen LogP contribution in [0.5, 0.6) is 0 Å². The Hall–Kier alpha value is -5.21. The quantitative estimate of drug-likeness (QED) is 0.184. The molecule has 0 saturated heterocycles. The predicted molar refractivity (Wildman–Crippen MR) is 152 cm³/mol. The fraction of sp³-hybridized carbons (Fsp3) is 0.0645. The van der Waals surface area contributed by atoms with Gasteiger partial charge in [0.1, 0.15) is 11.9 Å². The molecular weight excluding hydrogens is 488 g/mol. The van der Waals surface area contributed by atoms with Gasteiger partial charge in [0.25, 0.3) is 0 Å². The van der Waals surface area contributed by atoms with Crippen LogP contribution in [0.2, 0.25) is 0 Å². The zero-order valence-electron chi connectivity index (χ0n) is 20.8. The van der Waals surface area contributed by atoms with Gasteiger partial charge in [0.05, 0.1) is 41.0 Å². The summed E-state index contributed by atoms with van der Waals surface area (Å²) in [6.45, 7) is 0. The number of imidazole rings is 1. The van der Waals surface area contributed by atoms with Gasteiger partial charge in [-0.2, -0.15) is 5.10 Å². The first-order chi connectivity index (χ1) is 19.2. The summed E-state index contributed by atoms with van der Waals surface area (Å²) in [5, 5.41) is 22.4. The smallest absolute Gasteiger partial charge is 0.159 e. The first kappa shape index (κ1) is 22.9. The highest BCUT2D eigenvalue weighted by atomic mass is 16.3. The number of fused-ring (bicyclic) bond motifs is 2. The Kier molecular flexibility index (Phi) is 5.64. The number of nitrogens with one attached hydrogen (secondary N) is 3. The van der Waals surface area contributed by atoms with Crippen LogP contribution in [0, 0.1) is 0 Å². The van der Waals surface area contributed by atoms with Crippen molar-refractivity contribution in [2.45, 2.75) is 12.6 Å². The number of aliphatic hydroxyl groups is 1. The van der Waals surface area contributed by atoms with Gasteiger partial charge in [0.15, 0.2) is 5.82 Å². The van der Waals surface area contributed by atoms with E-state index in [1.807, 2.05) is 79.0 Å². The highest BCUT2D eigenvalue weighted by Crippen LogP contribution is 2.33. The van der Waals surface area contributed by atoms with Gasteiger partial charge in [-0.15, -0.1) is 0 Å². The van der Waals surface area contributed by atoms with Gasteiger partial charge in [-0.1, -0.05) is 48.5 Å². The second-order valence-electron chi connectivity index (χ2n) is 9.44. The third-order valence-electron chi connectivity index (χ3n) is 6.81. The summed E-state index contributed by atoms with van der Waals surface area (Å²) in [5.41, 5.74) is 9.10. The highest BCUT2D eigenvalue weighted by molar-refractivity contribution is 5.98. The second-order valence-corrected chi connectivity index (χ2v) is 9.44. The Morgan fingerprint density at radius 1 is 0.872 bits per heavy atom. The molecule has 0 radical (unpaired) electrons. The average molecular weight is 513 g/mol. The lowest BCUT2D eigenvalue weighted by Crippen LogP contribution is -2.21. The molecule has 3 aromatic carbocycles. The van der Waals surface area contributed by atoms with Crippen LogP contribution in [-0.2, 0) is 6.42 Å². The van der Waals surface area contributed by atoms with Crippen molar-refractivity contribution in [2.75, 3.05) is 5.32 Å². The zero-order chi connectivity index (χ0) is 26.2. The summed E-state index contributed by atoms with van der Waals surface area (Å²) in [6, 6.07) is 26.0. The number of para-hydroxylation sites is 1. The van der Waals surface area contributed by atoms with Gasteiger partial charge in [0.2, 0.25) is 0 Å². The fourth-order valence-corrected chi connectivity index (χ4v) is 4.93. The lowest BCUT2D eigenvalue weighted by Gasteiger charge is -2.15. The normalized spacial score (nSPS) is 12.2. The number of aromatic nitrogens is 5. The number of benzene rings is 3. The average Bonchev–Trinajstić information content (AvgIpc) is 3.73. The number of furan rings is 1. The monoisotopic (exact) mass is 512 g/mol. The molecule has 7 rings (SSSR count). The molecule has 1 unspecified atom stereocenters. The lowest BCUT2D eigenvalue weighted by atomic mass is 10.0. The maximum atomic E-state index is 10.6. The molecule has 0 aliphatic rings. The second kappa shape index (κ2) is 9.59. The standard InChI is InChI=1S/C31H24N6O2/c38-28(13-19-5-2-1-3-6-19)33-23-14-22(16-32-17-23)20-9-10-26-25(15-20)30(37-36-26)31-34-27-8-4-7-24(29(27)35-31)21-11-12-39-18-21/h1-12,14-18,28,33,38H,13H2,(H,34,35)(H,36,37). The SMILES string of the molecule is OC(Cc1ccccc1)Nc1cncc(-c2ccc3[nH]nc(-c4nc5c(-c6ccoc6)cccc5[nH]4)c3c2)c1. The first-order valence-corrected chi connectivity index (χ1v) is 12.6. The van der Waals surface area contributed by atoms with Crippen LogP contribution in [0.1, 0.15) is 5.56 Å². The summed E-state index contributed by atoms with van der Waals surface area (Å²) < 4.78 is 5.29. The maximum absolute atomic E-state index is 10.6. The third kappa shape index (κ3) is 4.43. The molecule has 1 atom stereocenters. The minimum atomic E-state index is -0.729. The number of hydrogen-bond acceptors (Lipinski definition) is 6. The predicted octanol–water partition coefficient (Wildman–Crippen LogP) is 6.40. The Morgan fingerprint density at radius 2 is 1.79 bits per heavy atom. The third-order valence-corrected chi connectivity index (χ3v) is 6.81. The number of anilines is 1. The number of hydrogen-bond donors (Lipinski definition) is 4. The van der Waals surface area contributed by atoms with Crippen molar-refractivity contribution in [3.05, 3.63) is 109 Å². The molecule has 8 nitrogen and oxygen atoms in total. The maximum Gasteiger partial charge on any atom is 0.159 e. The van der Waals surface area contributed by atoms with Crippen LogP contribution in [0.4, 0.5) is 5.69 Å². The van der Waals surface area contributed by atoms with Crippen LogP contribution < -0.4 is 5.32 Å². The molecule has 0 saturated carbocycles. The van der Waals surface area contributed by atoms with Crippen LogP contribution >= 0.6 is 0 Å². The van der Waals surface area contributed by atoms with Crippen molar-refractivity contribution in [1.82, 2.24) is 25.1 Å². The van der Waals surface area contributed by atoms with Gasteiger partial charge >= 0.3 is 0 Å². The molecule has 4 heterocycles. The topological polar surface area (TPSA) is 116 Å². The highest BCUT2D eigenvalue weighted by Gasteiger charge is 2.16. The van der Waals surface area contributed by atoms with Crippen molar-refractivity contribution in [3.63, 3.8) is 0 Å². The van der Waals surface area contributed by atoms with Crippen LogP contribution in [0.15, 0.2) is 108 Å². The molecule has 4 aromatic heterocycles. The molecule has 0 aliphatic heterocycles. The molecule has 0 bridgehead atoms. The van der Waals surface area contributed by atoms with E-state index in [0.717, 1.165) is 61.1 Å². The first-order valence-electron chi connectivity index (χ1n) is 12.6. The molecule has 39 heavy (non-hydrogen) atoms. The molecule has 8 heteroatoms. The fourth-order valence-electron chi connectivity index (χ4n) is 4.93. The molecule has 0 fully saturated rings. The summed E-state index contributed by atoms with van der Waals surface area (Å²) >= 11 is 0. The van der Waals surface area contributed by atoms with E-state index in [4.69, 9.17) is 9.40 Å². The van der Waals surface area contributed by atoms with Crippen LogP contribution in [0.25, 0.3) is 55.7 Å². The number of aliphatic hydroxyl groups excluding tert-OH is 1. The lowest BCUT2D eigenvalue weighted by molar-refractivity contribution is 0.204. The van der Waals surface area contributed by atoms with E-state index < -0.39 is 6.23 Å². The molecule has 4 N–H and O–H groups in total. The Bertz CT molecular complexity index is 1890.